The van der Waals surface area contributed by atoms with E-state index in [1.54, 1.807) is 0 Å². The first kappa shape index (κ1) is 9.86. The van der Waals surface area contributed by atoms with Gasteiger partial charge in [0, 0.05) is 24.7 Å². The number of anilines is 1. The van der Waals surface area contributed by atoms with Crippen molar-refractivity contribution >= 4 is 16.7 Å². The van der Waals surface area contributed by atoms with E-state index in [0.717, 1.165) is 36.9 Å². The Bertz CT molecular complexity index is 307. The maximum Gasteiger partial charge on any atom is 0.202 e. The van der Waals surface area contributed by atoms with Crippen molar-refractivity contribution < 1.29 is 4.74 Å². The number of hydrogen-bond donors (Lipinski definition) is 1. The van der Waals surface area contributed by atoms with Crippen LogP contribution in [-0.2, 0) is 10.3 Å². The van der Waals surface area contributed by atoms with E-state index >= 15 is 0 Å². The highest BCUT2D eigenvalue weighted by Crippen LogP contribution is 2.34. The van der Waals surface area contributed by atoms with Gasteiger partial charge in [0.25, 0.3) is 0 Å². The van der Waals surface area contributed by atoms with Crippen LogP contribution >= 0.6 is 11.5 Å². The van der Waals surface area contributed by atoms with Crippen molar-refractivity contribution in [1.82, 2.24) is 9.36 Å². The maximum absolute atomic E-state index is 5.67. The van der Waals surface area contributed by atoms with Gasteiger partial charge in [-0.3, -0.25) is 0 Å². The first-order valence-electron chi connectivity index (χ1n) is 4.96. The van der Waals surface area contributed by atoms with E-state index in [1.165, 1.54) is 11.5 Å². The molecular weight excluding hydrogens is 198 g/mol. The standard InChI is InChI=1S/C9H15N3OS/c1-3-10-8-11-7(12-14-8)9(2)5-4-6-13-9/h3-6H2,1-2H3,(H,10,11,12). The maximum atomic E-state index is 5.67. The van der Waals surface area contributed by atoms with Gasteiger partial charge in [-0.05, 0) is 26.7 Å². The van der Waals surface area contributed by atoms with Crippen LogP contribution in [0, 0.1) is 0 Å². The van der Waals surface area contributed by atoms with Gasteiger partial charge in [-0.2, -0.15) is 4.37 Å². The Labute approximate surface area is 87.9 Å². The van der Waals surface area contributed by atoms with E-state index in [9.17, 15) is 0 Å². The molecule has 0 aromatic carbocycles. The molecule has 1 aromatic heterocycles. The minimum atomic E-state index is -0.246. The SMILES string of the molecule is CCNc1nc(C2(C)CCCO2)ns1. The summed E-state index contributed by atoms with van der Waals surface area (Å²) in [5.41, 5.74) is -0.246. The highest BCUT2D eigenvalue weighted by molar-refractivity contribution is 7.09. The molecule has 1 fully saturated rings. The molecule has 4 nitrogen and oxygen atoms in total. The zero-order chi connectivity index (χ0) is 10.0. The molecule has 0 amide bonds. The first-order chi connectivity index (χ1) is 6.74. The zero-order valence-corrected chi connectivity index (χ0v) is 9.36. The molecule has 1 N–H and O–H groups in total. The molecule has 5 heteroatoms. The van der Waals surface area contributed by atoms with E-state index in [0.29, 0.717) is 0 Å². The van der Waals surface area contributed by atoms with Crippen LogP contribution in [0.2, 0.25) is 0 Å². The van der Waals surface area contributed by atoms with Gasteiger partial charge >= 0.3 is 0 Å². The van der Waals surface area contributed by atoms with Crippen molar-refractivity contribution in [2.24, 2.45) is 0 Å². The third kappa shape index (κ3) is 1.74. The second-order valence-corrected chi connectivity index (χ2v) is 4.39. The van der Waals surface area contributed by atoms with E-state index in [-0.39, 0.29) is 5.60 Å². The summed E-state index contributed by atoms with van der Waals surface area (Å²) >= 11 is 1.41. The average Bonchev–Trinajstić information content (AvgIpc) is 2.75. The largest absolute Gasteiger partial charge is 0.367 e. The fourth-order valence-corrected chi connectivity index (χ4v) is 2.36. The van der Waals surface area contributed by atoms with Gasteiger partial charge in [-0.25, -0.2) is 4.98 Å². The van der Waals surface area contributed by atoms with Crippen molar-refractivity contribution in [2.45, 2.75) is 32.3 Å². The summed E-state index contributed by atoms with van der Waals surface area (Å²) in [6, 6.07) is 0. The molecule has 0 radical (unpaired) electrons. The Kier molecular flexibility index (Phi) is 2.69. The Balaban J connectivity index is 2.15. The average molecular weight is 213 g/mol. The number of nitrogens with zero attached hydrogens (tertiary/aromatic N) is 2. The number of hydrogen-bond acceptors (Lipinski definition) is 5. The molecule has 1 unspecified atom stereocenters. The second kappa shape index (κ2) is 3.82. The lowest BCUT2D eigenvalue weighted by atomic mass is 10.0. The molecular formula is C9H15N3OS. The Hall–Kier alpha value is -0.680. The molecule has 2 heterocycles. The monoisotopic (exact) mass is 213 g/mol. The predicted octanol–water partition coefficient (Wildman–Crippen LogP) is 2.00. The number of ether oxygens (including phenoxy) is 1. The van der Waals surface area contributed by atoms with Crippen LogP contribution < -0.4 is 5.32 Å². The van der Waals surface area contributed by atoms with Gasteiger partial charge in [0.05, 0.1) is 0 Å². The molecule has 1 atom stereocenters. The molecule has 0 bridgehead atoms. The Morgan fingerprint density at radius 3 is 3.14 bits per heavy atom. The van der Waals surface area contributed by atoms with Gasteiger partial charge in [0.1, 0.15) is 5.60 Å². The second-order valence-electron chi connectivity index (χ2n) is 3.64. The van der Waals surface area contributed by atoms with Gasteiger partial charge < -0.3 is 10.1 Å². The third-order valence-corrected chi connectivity index (χ3v) is 3.12. The quantitative estimate of drug-likeness (QED) is 0.834. The van der Waals surface area contributed by atoms with Crippen molar-refractivity contribution in [1.29, 1.82) is 0 Å². The summed E-state index contributed by atoms with van der Waals surface area (Å²) < 4.78 is 10.0. The number of rotatable bonds is 3. The molecule has 14 heavy (non-hydrogen) atoms. The van der Waals surface area contributed by atoms with Crippen LogP contribution in [0.5, 0.6) is 0 Å². The molecule has 78 valence electrons. The first-order valence-corrected chi connectivity index (χ1v) is 5.74. The predicted molar refractivity (Wildman–Crippen MR) is 56.6 cm³/mol. The minimum Gasteiger partial charge on any atom is -0.367 e. The molecule has 0 aliphatic carbocycles. The lowest BCUT2D eigenvalue weighted by molar-refractivity contribution is 0.0104. The van der Waals surface area contributed by atoms with E-state index < -0.39 is 0 Å². The van der Waals surface area contributed by atoms with Gasteiger partial charge in [0.2, 0.25) is 5.13 Å². The smallest absolute Gasteiger partial charge is 0.202 e. The fourth-order valence-electron chi connectivity index (χ4n) is 1.62. The summed E-state index contributed by atoms with van der Waals surface area (Å²) in [6.45, 7) is 5.82. The highest BCUT2D eigenvalue weighted by Gasteiger charge is 2.35. The topological polar surface area (TPSA) is 47.0 Å². The van der Waals surface area contributed by atoms with Crippen LogP contribution in [0.4, 0.5) is 5.13 Å². The summed E-state index contributed by atoms with van der Waals surface area (Å²) in [6.07, 6.45) is 2.13. The van der Waals surface area contributed by atoms with Crippen LogP contribution in [0.3, 0.4) is 0 Å². The van der Waals surface area contributed by atoms with Gasteiger partial charge in [0.15, 0.2) is 5.82 Å². The van der Waals surface area contributed by atoms with Crippen LogP contribution in [-0.4, -0.2) is 22.5 Å². The molecule has 2 rings (SSSR count). The Morgan fingerprint density at radius 2 is 2.50 bits per heavy atom. The minimum absolute atomic E-state index is 0.246. The van der Waals surface area contributed by atoms with Gasteiger partial charge in [-0.1, -0.05) is 0 Å². The Morgan fingerprint density at radius 1 is 1.64 bits per heavy atom. The number of nitrogens with one attached hydrogen (secondary N) is 1. The van der Waals surface area contributed by atoms with Gasteiger partial charge in [-0.15, -0.1) is 0 Å². The van der Waals surface area contributed by atoms with E-state index in [2.05, 4.69) is 28.5 Å². The summed E-state index contributed by atoms with van der Waals surface area (Å²) in [5.74, 6) is 0.830. The van der Waals surface area contributed by atoms with Crippen molar-refractivity contribution in [3.05, 3.63) is 5.82 Å². The van der Waals surface area contributed by atoms with Crippen LogP contribution in [0.25, 0.3) is 0 Å². The number of aromatic nitrogens is 2. The third-order valence-electron chi connectivity index (χ3n) is 2.45. The van der Waals surface area contributed by atoms with E-state index in [4.69, 9.17) is 4.74 Å². The normalized spacial score (nSPS) is 26.7. The molecule has 0 saturated carbocycles. The van der Waals surface area contributed by atoms with Crippen molar-refractivity contribution in [3.63, 3.8) is 0 Å². The fraction of sp³-hybridized carbons (Fsp3) is 0.778. The van der Waals surface area contributed by atoms with Crippen molar-refractivity contribution in [2.75, 3.05) is 18.5 Å². The zero-order valence-electron chi connectivity index (χ0n) is 8.54. The molecule has 1 aliphatic rings. The van der Waals surface area contributed by atoms with Crippen LogP contribution in [0.15, 0.2) is 0 Å². The molecule has 1 aliphatic heterocycles. The summed E-state index contributed by atoms with van der Waals surface area (Å²) in [7, 11) is 0. The molecule has 1 aromatic rings. The van der Waals surface area contributed by atoms with Crippen molar-refractivity contribution in [3.8, 4) is 0 Å². The summed E-state index contributed by atoms with van der Waals surface area (Å²) in [4.78, 5) is 4.43. The molecule has 0 spiro atoms. The summed E-state index contributed by atoms with van der Waals surface area (Å²) in [5, 5.41) is 4.05. The highest BCUT2D eigenvalue weighted by atomic mass is 32.1. The van der Waals surface area contributed by atoms with Crippen LogP contribution in [0.1, 0.15) is 32.5 Å². The lowest BCUT2D eigenvalue weighted by Crippen LogP contribution is -2.21. The molecule has 1 saturated heterocycles. The van der Waals surface area contributed by atoms with E-state index in [1.807, 2.05) is 0 Å². The lowest BCUT2D eigenvalue weighted by Gasteiger charge is -2.18.